The van der Waals surface area contributed by atoms with E-state index in [-0.39, 0.29) is 17.4 Å². The molecule has 19 heavy (non-hydrogen) atoms. The van der Waals surface area contributed by atoms with Crippen molar-refractivity contribution < 1.29 is 19.7 Å². The average molecular weight is 268 g/mol. The molecular formula is C15H24O4. The van der Waals surface area contributed by atoms with E-state index in [1.807, 2.05) is 27.7 Å². The van der Waals surface area contributed by atoms with Crippen LogP contribution in [0.25, 0.3) is 0 Å². The van der Waals surface area contributed by atoms with Crippen LogP contribution in [0.1, 0.15) is 52.0 Å². The summed E-state index contributed by atoms with van der Waals surface area (Å²) in [5, 5.41) is 19.8. The molecule has 4 heteroatoms. The molecule has 0 amide bonds. The van der Waals surface area contributed by atoms with E-state index in [0.717, 1.165) is 12.8 Å². The number of rotatable bonds is 7. The number of hydrogen-bond acceptors (Lipinski definition) is 4. The Bertz CT molecular complexity index is 413. The van der Waals surface area contributed by atoms with Gasteiger partial charge in [-0.25, -0.2) is 0 Å². The van der Waals surface area contributed by atoms with Gasteiger partial charge in [-0.3, -0.25) is 0 Å². The third kappa shape index (κ3) is 3.69. The van der Waals surface area contributed by atoms with Crippen LogP contribution in [-0.4, -0.2) is 23.4 Å². The Morgan fingerprint density at radius 2 is 1.63 bits per heavy atom. The van der Waals surface area contributed by atoms with Crippen molar-refractivity contribution in [3.8, 4) is 23.0 Å². The molecule has 1 aromatic carbocycles. The maximum Gasteiger partial charge on any atom is 0.168 e. The van der Waals surface area contributed by atoms with Crippen LogP contribution in [0.4, 0.5) is 0 Å². The molecule has 0 aliphatic rings. The molecule has 0 bridgehead atoms. The standard InChI is InChI=1S/C15H24O4/c1-5-7-18-12-9-11(16)14(17)13(10(3)4)15(12)19-8-6-2/h9-10,16-17H,5-8H2,1-4H3. The van der Waals surface area contributed by atoms with Crippen LogP contribution < -0.4 is 9.47 Å². The van der Waals surface area contributed by atoms with Gasteiger partial charge in [-0.1, -0.05) is 27.7 Å². The summed E-state index contributed by atoms with van der Waals surface area (Å²) in [5.41, 5.74) is 0.597. The zero-order valence-corrected chi connectivity index (χ0v) is 12.2. The van der Waals surface area contributed by atoms with Crippen LogP contribution in [-0.2, 0) is 0 Å². The molecule has 0 saturated carbocycles. The lowest BCUT2D eigenvalue weighted by atomic mass is 9.99. The van der Waals surface area contributed by atoms with Crippen molar-refractivity contribution in [3.63, 3.8) is 0 Å². The lowest BCUT2D eigenvalue weighted by Crippen LogP contribution is -2.05. The molecule has 0 fully saturated rings. The lowest BCUT2D eigenvalue weighted by molar-refractivity contribution is 0.260. The third-order valence-electron chi connectivity index (χ3n) is 2.72. The van der Waals surface area contributed by atoms with Crippen molar-refractivity contribution in [2.45, 2.75) is 46.5 Å². The van der Waals surface area contributed by atoms with E-state index in [1.54, 1.807) is 0 Å². The van der Waals surface area contributed by atoms with Crippen LogP contribution in [0, 0.1) is 0 Å². The van der Waals surface area contributed by atoms with E-state index >= 15 is 0 Å². The molecule has 0 atom stereocenters. The zero-order valence-electron chi connectivity index (χ0n) is 12.2. The Kier molecular flexibility index (Phi) is 5.80. The van der Waals surface area contributed by atoms with E-state index < -0.39 is 0 Å². The second kappa shape index (κ2) is 7.12. The summed E-state index contributed by atoms with van der Waals surface area (Å²) in [6.45, 7) is 9.00. The Morgan fingerprint density at radius 1 is 1.05 bits per heavy atom. The van der Waals surface area contributed by atoms with E-state index in [1.165, 1.54) is 6.07 Å². The van der Waals surface area contributed by atoms with E-state index in [0.29, 0.717) is 30.3 Å². The highest BCUT2D eigenvalue weighted by Crippen LogP contribution is 2.46. The Morgan fingerprint density at radius 3 is 2.16 bits per heavy atom. The maximum absolute atomic E-state index is 10.0. The highest BCUT2D eigenvalue weighted by atomic mass is 16.5. The van der Waals surface area contributed by atoms with Gasteiger partial charge in [0, 0.05) is 11.6 Å². The molecule has 0 aliphatic carbocycles. The first-order valence-corrected chi connectivity index (χ1v) is 6.87. The maximum atomic E-state index is 10.0. The topological polar surface area (TPSA) is 58.9 Å². The lowest BCUT2D eigenvalue weighted by Gasteiger charge is -2.20. The minimum atomic E-state index is -0.168. The molecule has 0 heterocycles. The first kappa shape index (κ1) is 15.5. The van der Waals surface area contributed by atoms with Crippen LogP contribution in [0.15, 0.2) is 6.07 Å². The summed E-state index contributed by atoms with van der Waals surface area (Å²) in [7, 11) is 0. The van der Waals surface area contributed by atoms with Gasteiger partial charge >= 0.3 is 0 Å². The van der Waals surface area contributed by atoms with Gasteiger partial charge in [0.2, 0.25) is 0 Å². The fraction of sp³-hybridized carbons (Fsp3) is 0.600. The fourth-order valence-electron chi connectivity index (χ4n) is 1.84. The predicted molar refractivity (Wildman–Crippen MR) is 75.4 cm³/mol. The molecule has 0 aliphatic heterocycles. The summed E-state index contributed by atoms with van der Waals surface area (Å²) in [5.74, 6) is 0.779. The van der Waals surface area contributed by atoms with Crippen LogP contribution in [0.5, 0.6) is 23.0 Å². The zero-order chi connectivity index (χ0) is 14.4. The smallest absolute Gasteiger partial charge is 0.168 e. The Balaban J connectivity index is 3.26. The first-order chi connectivity index (χ1) is 9.02. The molecule has 1 rings (SSSR count). The molecule has 0 spiro atoms. The van der Waals surface area contributed by atoms with Gasteiger partial charge in [-0.05, 0) is 18.8 Å². The van der Waals surface area contributed by atoms with Crippen molar-refractivity contribution in [2.75, 3.05) is 13.2 Å². The SMILES string of the molecule is CCCOc1cc(O)c(O)c(C(C)C)c1OCCC. The van der Waals surface area contributed by atoms with Crippen LogP contribution >= 0.6 is 0 Å². The van der Waals surface area contributed by atoms with Gasteiger partial charge < -0.3 is 19.7 Å². The van der Waals surface area contributed by atoms with E-state index in [9.17, 15) is 10.2 Å². The fourth-order valence-corrected chi connectivity index (χ4v) is 1.84. The largest absolute Gasteiger partial charge is 0.504 e. The van der Waals surface area contributed by atoms with Crippen molar-refractivity contribution in [1.82, 2.24) is 0 Å². The minimum absolute atomic E-state index is 0.0305. The van der Waals surface area contributed by atoms with Gasteiger partial charge in [0.15, 0.2) is 23.0 Å². The summed E-state index contributed by atoms with van der Waals surface area (Å²) in [6.07, 6.45) is 1.73. The molecule has 0 unspecified atom stereocenters. The summed E-state index contributed by atoms with van der Waals surface area (Å²) in [4.78, 5) is 0. The van der Waals surface area contributed by atoms with Gasteiger partial charge in [-0.15, -0.1) is 0 Å². The van der Waals surface area contributed by atoms with Crippen molar-refractivity contribution in [3.05, 3.63) is 11.6 Å². The minimum Gasteiger partial charge on any atom is -0.504 e. The predicted octanol–water partition coefficient (Wildman–Crippen LogP) is 3.80. The van der Waals surface area contributed by atoms with Gasteiger partial charge in [0.25, 0.3) is 0 Å². The molecule has 1 aromatic rings. The third-order valence-corrected chi connectivity index (χ3v) is 2.72. The average Bonchev–Trinajstić information content (AvgIpc) is 2.37. The molecular weight excluding hydrogens is 244 g/mol. The molecule has 0 radical (unpaired) electrons. The van der Waals surface area contributed by atoms with E-state index in [2.05, 4.69) is 0 Å². The number of phenols is 2. The second-order valence-electron chi connectivity index (χ2n) is 4.84. The molecule has 0 saturated heterocycles. The summed E-state index contributed by atoms with van der Waals surface area (Å²) >= 11 is 0. The molecule has 108 valence electrons. The first-order valence-electron chi connectivity index (χ1n) is 6.87. The Hall–Kier alpha value is -1.58. The van der Waals surface area contributed by atoms with Gasteiger partial charge in [0.1, 0.15) is 0 Å². The number of ether oxygens (including phenoxy) is 2. The normalized spacial score (nSPS) is 10.8. The molecule has 0 aromatic heterocycles. The van der Waals surface area contributed by atoms with E-state index in [4.69, 9.17) is 9.47 Å². The van der Waals surface area contributed by atoms with Gasteiger partial charge in [0.05, 0.1) is 13.2 Å². The molecule has 4 nitrogen and oxygen atoms in total. The highest BCUT2D eigenvalue weighted by molar-refractivity contribution is 5.61. The van der Waals surface area contributed by atoms with Crippen molar-refractivity contribution in [2.24, 2.45) is 0 Å². The van der Waals surface area contributed by atoms with Crippen molar-refractivity contribution >= 4 is 0 Å². The Labute approximate surface area is 115 Å². The summed E-state index contributed by atoms with van der Waals surface area (Å²) < 4.78 is 11.3. The quantitative estimate of drug-likeness (QED) is 0.738. The van der Waals surface area contributed by atoms with Crippen molar-refractivity contribution in [1.29, 1.82) is 0 Å². The van der Waals surface area contributed by atoms with Crippen LogP contribution in [0.3, 0.4) is 0 Å². The second-order valence-corrected chi connectivity index (χ2v) is 4.84. The number of phenolic OH excluding ortho intramolecular Hbond substituents is 2. The van der Waals surface area contributed by atoms with Gasteiger partial charge in [-0.2, -0.15) is 0 Å². The summed E-state index contributed by atoms with van der Waals surface area (Å²) in [6, 6.07) is 1.42. The highest BCUT2D eigenvalue weighted by Gasteiger charge is 2.22. The number of hydrogen-bond donors (Lipinski definition) is 2. The van der Waals surface area contributed by atoms with Crippen LogP contribution in [0.2, 0.25) is 0 Å². The molecule has 2 N–H and O–H groups in total. The number of aromatic hydroxyl groups is 2. The monoisotopic (exact) mass is 268 g/mol. The number of benzene rings is 1.